The van der Waals surface area contributed by atoms with Crippen molar-refractivity contribution in [3.63, 3.8) is 0 Å². The van der Waals surface area contributed by atoms with Crippen LogP contribution in [-0.4, -0.2) is 24.4 Å². The Balaban J connectivity index is 1.91. The molecule has 1 fully saturated rings. The molecule has 1 aliphatic heterocycles. The smallest absolute Gasteiger partial charge is 0.160 e. The Kier molecular flexibility index (Phi) is 4.77. The number of phenolic OH excluding ortho intramolecular Hbond substituents is 2. The van der Waals surface area contributed by atoms with Gasteiger partial charge in [0, 0.05) is 0 Å². The fourth-order valence-electron chi connectivity index (χ4n) is 3.46. The summed E-state index contributed by atoms with van der Waals surface area (Å²) in [5.74, 6) is 1.67. The van der Waals surface area contributed by atoms with Gasteiger partial charge in [-0.2, -0.15) is 0 Å². The average Bonchev–Trinajstić information content (AvgIpc) is 2.91. The lowest BCUT2D eigenvalue weighted by atomic mass is 9.85. The zero-order chi connectivity index (χ0) is 18.1. The highest BCUT2D eigenvalue weighted by molar-refractivity contribution is 5.44. The van der Waals surface area contributed by atoms with E-state index in [-0.39, 0.29) is 35.5 Å². The largest absolute Gasteiger partial charge is 0.504 e. The second kappa shape index (κ2) is 6.84. The number of hydrogen-bond acceptors (Lipinski definition) is 5. The molecule has 0 radical (unpaired) electrons. The Morgan fingerprint density at radius 2 is 1.16 bits per heavy atom. The number of methoxy groups -OCH3 is 2. The minimum atomic E-state index is -0.103. The van der Waals surface area contributed by atoms with Gasteiger partial charge in [-0.1, -0.05) is 26.0 Å². The third-order valence-corrected chi connectivity index (χ3v) is 5.14. The number of hydrogen-bond donors (Lipinski definition) is 2. The topological polar surface area (TPSA) is 68.2 Å². The van der Waals surface area contributed by atoms with Crippen molar-refractivity contribution in [3.8, 4) is 23.0 Å². The molecule has 1 aliphatic rings. The molecule has 0 saturated carbocycles. The quantitative estimate of drug-likeness (QED) is 0.870. The van der Waals surface area contributed by atoms with Gasteiger partial charge in [0.1, 0.15) is 0 Å². The molecule has 0 aromatic heterocycles. The standard InChI is InChI=1S/C20H24O5/c1-11-12(2)20(14-6-8-16(22)18(10-14)24-4)25-19(11)13-5-7-15(21)17(9-13)23-3/h5-12,19-22H,1-4H3/t11-,12-,19+,20+/m0/s1. The molecular formula is C20H24O5. The van der Waals surface area contributed by atoms with Crippen LogP contribution in [0.25, 0.3) is 0 Å². The predicted molar refractivity (Wildman–Crippen MR) is 94.2 cm³/mol. The Morgan fingerprint density at radius 3 is 1.52 bits per heavy atom. The molecule has 1 heterocycles. The first-order valence-electron chi connectivity index (χ1n) is 8.35. The number of rotatable bonds is 4. The van der Waals surface area contributed by atoms with Gasteiger partial charge in [0.25, 0.3) is 0 Å². The zero-order valence-electron chi connectivity index (χ0n) is 14.9. The van der Waals surface area contributed by atoms with Crippen LogP contribution in [0, 0.1) is 11.8 Å². The van der Waals surface area contributed by atoms with Crippen LogP contribution in [0.15, 0.2) is 36.4 Å². The molecule has 134 valence electrons. The monoisotopic (exact) mass is 344 g/mol. The molecule has 2 aromatic carbocycles. The lowest BCUT2D eigenvalue weighted by Crippen LogP contribution is -2.10. The SMILES string of the molecule is COc1cc([C@@H]2O[C@@H](c3ccc(O)c(OC)c3)[C@@H](C)[C@@H]2C)ccc1O. The highest BCUT2D eigenvalue weighted by Gasteiger charge is 2.41. The number of benzene rings is 2. The minimum Gasteiger partial charge on any atom is -0.504 e. The molecule has 5 nitrogen and oxygen atoms in total. The number of ether oxygens (including phenoxy) is 3. The average molecular weight is 344 g/mol. The first-order valence-corrected chi connectivity index (χ1v) is 8.35. The first kappa shape index (κ1) is 17.4. The summed E-state index contributed by atoms with van der Waals surface area (Å²) in [5, 5.41) is 19.6. The van der Waals surface area contributed by atoms with Crippen LogP contribution in [0.4, 0.5) is 0 Å². The van der Waals surface area contributed by atoms with Gasteiger partial charge in [0.15, 0.2) is 23.0 Å². The van der Waals surface area contributed by atoms with E-state index < -0.39 is 0 Å². The van der Waals surface area contributed by atoms with Crippen LogP contribution in [0.2, 0.25) is 0 Å². The third-order valence-electron chi connectivity index (χ3n) is 5.14. The highest BCUT2D eigenvalue weighted by atomic mass is 16.5. The molecule has 0 bridgehead atoms. The Bertz CT molecular complexity index is 694. The Labute approximate surface area is 147 Å². The molecule has 2 aromatic rings. The van der Waals surface area contributed by atoms with E-state index in [9.17, 15) is 10.2 Å². The van der Waals surface area contributed by atoms with Crippen LogP contribution in [-0.2, 0) is 4.74 Å². The summed E-state index contributed by atoms with van der Waals surface area (Å²) in [4.78, 5) is 0. The normalized spacial score (nSPS) is 25.8. The highest BCUT2D eigenvalue weighted by Crippen LogP contribution is 2.50. The van der Waals surface area contributed by atoms with E-state index in [1.54, 1.807) is 12.1 Å². The second-order valence-corrected chi connectivity index (χ2v) is 6.56. The number of phenols is 2. The maximum atomic E-state index is 9.81. The van der Waals surface area contributed by atoms with Crippen LogP contribution >= 0.6 is 0 Å². The maximum Gasteiger partial charge on any atom is 0.160 e. The van der Waals surface area contributed by atoms with E-state index in [2.05, 4.69) is 13.8 Å². The van der Waals surface area contributed by atoms with Gasteiger partial charge in [-0.15, -0.1) is 0 Å². The molecule has 0 amide bonds. The van der Waals surface area contributed by atoms with Gasteiger partial charge >= 0.3 is 0 Å². The number of aromatic hydroxyl groups is 2. The van der Waals surface area contributed by atoms with Gasteiger partial charge in [0.2, 0.25) is 0 Å². The zero-order valence-corrected chi connectivity index (χ0v) is 14.9. The summed E-state index contributed by atoms with van der Waals surface area (Å²) in [5.41, 5.74) is 1.95. The molecule has 1 saturated heterocycles. The summed E-state index contributed by atoms with van der Waals surface area (Å²) >= 11 is 0. The van der Waals surface area contributed by atoms with Crippen molar-refractivity contribution in [2.45, 2.75) is 26.1 Å². The fourth-order valence-corrected chi connectivity index (χ4v) is 3.46. The van der Waals surface area contributed by atoms with Crippen molar-refractivity contribution in [1.29, 1.82) is 0 Å². The maximum absolute atomic E-state index is 9.81. The molecule has 0 spiro atoms. The Morgan fingerprint density at radius 1 is 0.760 bits per heavy atom. The molecular weight excluding hydrogens is 320 g/mol. The molecule has 25 heavy (non-hydrogen) atoms. The van der Waals surface area contributed by atoms with Gasteiger partial charge in [0.05, 0.1) is 26.4 Å². The van der Waals surface area contributed by atoms with E-state index in [4.69, 9.17) is 14.2 Å². The summed E-state index contributed by atoms with van der Waals surface area (Å²) in [6.45, 7) is 4.32. The van der Waals surface area contributed by atoms with Crippen LogP contribution < -0.4 is 9.47 Å². The molecule has 2 N–H and O–H groups in total. The van der Waals surface area contributed by atoms with E-state index >= 15 is 0 Å². The molecule has 3 rings (SSSR count). The summed E-state index contributed by atoms with van der Waals surface area (Å²) in [6.07, 6.45) is -0.205. The van der Waals surface area contributed by atoms with Gasteiger partial charge in [-0.3, -0.25) is 0 Å². The van der Waals surface area contributed by atoms with Crippen LogP contribution in [0.3, 0.4) is 0 Å². The van der Waals surface area contributed by atoms with Crippen molar-refractivity contribution in [2.24, 2.45) is 11.8 Å². The van der Waals surface area contributed by atoms with Crippen molar-refractivity contribution in [1.82, 2.24) is 0 Å². The van der Waals surface area contributed by atoms with E-state index in [1.807, 2.05) is 24.3 Å². The molecule has 5 heteroatoms. The predicted octanol–water partition coefficient (Wildman–Crippen LogP) is 4.20. The van der Waals surface area contributed by atoms with Crippen LogP contribution in [0.1, 0.15) is 37.2 Å². The van der Waals surface area contributed by atoms with Crippen LogP contribution in [0.5, 0.6) is 23.0 Å². The third kappa shape index (κ3) is 3.12. The van der Waals surface area contributed by atoms with Crippen molar-refractivity contribution in [3.05, 3.63) is 47.5 Å². The van der Waals surface area contributed by atoms with E-state index in [0.717, 1.165) is 11.1 Å². The van der Waals surface area contributed by atoms with E-state index in [0.29, 0.717) is 11.5 Å². The van der Waals surface area contributed by atoms with Gasteiger partial charge < -0.3 is 24.4 Å². The lowest BCUT2D eigenvalue weighted by Gasteiger charge is -2.18. The first-order chi connectivity index (χ1) is 12.0. The summed E-state index contributed by atoms with van der Waals surface area (Å²) < 4.78 is 16.8. The summed E-state index contributed by atoms with van der Waals surface area (Å²) in [7, 11) is 3.07. The summed E-state index contributed by atoms with van der Waals surface area (Å²) in [6, 6.07) is 10.6. The van der Waals surface area contributed by atoms with Crippen molar-refractivity contribution in [2.75, 3.05) is 14.2 Å². The van der Waals surface area contributed by atoms with Crippen molar-refractivity contribution < 1.29 is 24.4 Å². The van der Waals surface area contributed by atoms with Gasteiger partial charge in [-0.25, -0.2) is 0 Å². The molecule has 4 atom stereocenters. The molecule has 0 unspecified atom stereocenters. The fraction of sp³-hybridized carbons (Fsp3) is 0.400. The second-order valence-electron chi connectivity index (χ2n) is 6.56. The van der Waals surface area contributed by atoms with E-state index in [1.165, 1.54) is 14.2 Å². The van der Waals surface area contributed by atoms with Crippen molar-refractivity contribution >= 4 is 0 Å². The molecule has 0 aliphatic carbocycles. The Hall–Kier alpha value is -2.40. The lowest BCUT2D eigenvalue weighted by molar-refractivity contribution is 0.0288. The van der Waals surface area contributed by atoms with Gasteiger partial charge in [-0.05, 0) is 47.2 Å². The minimum absolute atomic E-state index is 0.103.